The highest BCUT2D eigenvalue weighted by Crippen LogP contribution is 2.37. The van der Waals surface area contributed by atoms with Crippen LogP contribution in [-0.2, 0) is 7.05 Å². The van der Waals surface area contributed by atoms with Crippen LogP contribution in [0.1, 0.15) is 25.5 Å². The molecule has 0 saturated carbocycles. The third-order valence-corrected chi connectivity index (χ3v) is 3.92. The number of hydrogen-bond acceptors (Lipinski definition) is 3. The first-order valence-corrected chi connectivity index (χ1v) is 6.67. The van der Waals surface area contributed by atoms with E-state index in [1.165, 1.54) is 0 Å². The second-order valence-electron chi connectivity index (χ2n) is 4.56. The van der Waals surface area contributed by atoms with Crippen LogP contribution in [0.4, 0.5) is 14.5 Å². The van der Waals surface area contributed by atoms with E-state index in [1.54, 1.807) is 11.7 Å². The molecule has 6 heteroatoms. The van der Waals surface area contributed by atoms with Crippen LogP contribution in [0, 0.1) is 11.6 Å². The molecule has 1 heterocycles. The van der Waals surface area contributed by atoms with E-state index >= 15 is 0 Å². The van der Waals surface area contributed by atoms with E-state index in [0.29, 0.717) is 10.7 Å². The van der Waals surface area contributed by atoms with Gasteiger partial charge in [-0.2, -0.15) is 5.10 Å². The van der Waals surface area contributed by atoms with Gasteiger partial charge in [-0.1, -0.05) is 25.6 Å². The third kappa shape index (κ3) is 2.73. The Bertz CT molecular complexity index is 608. The van der Waals surface area contributed by atoms with Crippen molar-refractivity contribution in [3.05, 3.63) is 35.5 Å². The largest absolute Gasteiger partial charge is 0.395 e. The van der Waals surface area contributed by atoms with Gasteiger partial charge >= 0.3 is 0 Å². The fourth-order valence-corrected chi connectivity index (χ4v) is 2.68. The van der Waals surface area contributed by atoms with Crippen LogP contribution in [0.5, 0.6) is 0 Å². The number of nitrogens with two attached hydrogens (primary N) is 1. The van der Waals surface area contributed by atoms with Crippen LogP contribution in [0.3, 0.4) is 0 Å². The van der Waals surface area contributed by atoms with Crippen molar-refractivity contribution in [3.63, 3.8) is 0 Å². The molecule has 0 fully saturated rings. The molecule has 19 heavy (non-hydrogen) atoms. The van der Waals surface area contributed by atoms with Crippen LogP contribution < -0.4 is 5.73 Å². The number of benzene rings is 1. The number of aromatic nitrogens is 2. The van der Waals surface area contributed by atoms with Gasteiger partial charge in [-0.25, -0.2) is 8.78 Å². The first-order valence-electron chi connectivity index (χ1n) is 5.85. The number of aryl methyl sites for hydroxylation is 1. The first-order chi connectivity index (χ1) is 8.90. The van der Waals surface area contributed by atoms with Gasteiger partial charge in [-0.05, 0) is 24.1 Å². The van der Waals surface area contributed by atoms with Gasteiger partial charge in [0.1, 0.15) is 16.7 Å². The van der Waals surface area contributed by atoms with Crippen molar-refractivity contribution in [1.82, 2.24) is 9.78 Å². The minimum atomic E-state index is -0.478. The van der Waals surface area contributed by atoms with Crippen molar-refractivity contribution in [2.24, 2.45) is 7.05 Å². The van der Waals surface area contributed by atoms with E-state index in [4.69, 9.17) is 5.73 Å². The standard InChI is InChI=1S/C13H15F2N3S/c1-7(2)12-11(16)13(18(3)17-12)19-10-6-8(14)4-5-9(10)15/h4-7H,16H2,1-3H3. The second-order valence-corrected chi connectivity index (χ2v) is 5.59. The maximum Gasteiger partial charge on any atom is 0.137 e. The number of rotatable bonds is 3. The van der Waals surface area contributed by atoms with E-state index in [9.17, 15) is 8.78 Å². The number of halogens is 2. The highest BCUT2D eigenvalue weighted by atomic mass is 32.2. The van der Waals surface area contributed by atoms with E-state index in [-0.39, 0.29) is 10.8 Å². The lowest BCUT2D eigenvalue weighted by molar-refractivity contribution is 0.576. The smallest absolute Gasteiger partial charge is 0.137 e. The van der Waals surface area contributed by atoms with Gasteiger partial charge in [0.05, 0.1) is 16.3 Å². The quantitative estimate of drug-likeness (QED) is 0.936. The maximum atomic E-state index is 13.6. The first kappa shape index (κ1) is 13.9. The van der Waals surface area contributed by atoms with E-state index in [1.807, 2.05) is 13.8 Å². The summed E-state index contributed by atoms with van der Waals surface area (Å²) < 4.78 is 28.4. The molecule has 0 saturated heterocycles. The zero-order valence-corrected chi connectivity index (χ0v) is 11.8. The summed E-state index contributed by atoms with van der Waals surface area (Å²) in [5.74, 6) is -0.773. The van der Waals surface area contributed by atoms with Crippen molar-refractivity contribution in [1.29, 1.82) is 0 Å². The average Bonchev–Trinajstić information content (AvgIpc) is 2.62. The molecule has 0 aliphatic carbocycles. The highest BCUT2D eigenvalue weighted by molar-refractivity contribution is 7.99. The van der Waals surface area contributed by atoms with Crippen LogP contribution >= 0.6 is 11.8 Å². The molecule has 3 nitrogen and oxygen atoms in total. The molecule has 0 spiro atoms. The zero-order chi connectivity index (χ0) is 14.2. The molecule has 0 bridgehead atoms. The molecular formula is C13H15F2N3S. The van der Waals surface area contributed by atoms with Crippen molar-refractivity contribution < 1.29 is 8.78 Å². The van der Waals surface area contributed by atoms with Gasteiger partial charge in [0.2, 0.25) is 0 Å². The zero-order valence-electron chi connectivity index (χ0n) is 10.9. The predicted molar refractivity (Wildman–Crippen MR) is 72.2 cm³/mol. The van der Waals surface area contributed by atoms with Crippen LogP contribution in [0.25, 0.3) is 0 Å². The average molecular weight is 283 g/mol. The molecule has 2 aromatic rings. The molecule has 0 aliphatic rings. The van der Waals surface area contributed by atoms with Gasteiger partial charge in [-0.15, -0.1) is 0 Å². The summed E-state index contributed by atoms with van der Waals surface area (Å²) in [7, 11) is 1.74. The summed E-state index contributed by atoms with van der Waals surface area (Å²) in [6, 6.07) is 3.35. The van der Waals surface area contributed by atoms with Gasteiger partial charge in [-0.3, -0.25) is 4.68 Å². The van der Waals surface area contributed by atoms with Crippen molar-refractivity contribution >= 4 is 17.4 Å². The van der Waals surface area contributed by atoms with Gasteiger partial charge in [0.25, 0.3) is 0 Å². The summed E-state index contributed by atoms with van der Waals surface area (Å²) in [6.07, 6.45) is 0. The lowest BCUT2D eigenvalue weighted by Gasteiger charge is -2.05. The Morgan fingerprint density at radius 2 is 2.00 bits per heavy atom. The van der Waals surface area contributed by atoms with Crippen molar-refractivity contribution in [2.45, 2.75) is 29.7 Å². The fraction of sp³-hybridized carbons (Fsp3) is 0.308. The highest BCUT2D eigenvalue weighted by Gasteiger charge is 2.18. The van der Waals surface area contributed by atoms with Crippen molar-refractivity contribution in [2.75, 3.05) is 5.73 Å². The lowest BCUT2D eigenvalue weighted by Crippen LogP contribution is -1.95. The topological polar surface area (TPSA) is 43.8 Å². The van der Waals surface area contributed by atoms with Gasteiger partial charge in [0.15, 0.2) is 0 Å². The molecule has 1 aromatic carbocycles. The number of nitrogen functional groups attached to an aromatic ring is 1. The maximum absolute atomic E-state index is 13.6. The number of nitrogens with zero attached hydrogens (tertiary/aromatic N) is 2. The van der Waals surface area contributed by atoms with Gasteiger partial charge < -0.3 is 5.73 Å². The predicted octanol–water partition coefficient (Wildman–Crippen LogP) is 3.56. The monoisotopic (exact) mass is 283 g/mol. The molecule has 0 unspecified atom stereocenters. The summed E-state index contributed by atoms with van der Waals surface area (Å²) in [5.41, 5.74) is 7.31. The normalized spacial score (nSPS) is 11.3. The molecule has 0 radical (unpaired) electrons. The SMILES string of the molecule is CC(C)c1nn(C)c(Sc2cc(F)ccc2F)c1N. The Balaban J connectivity index is 2.41. The Kier molecular flexibility index (Phi) is 3.80. The summed E-state index contributed by atoms with van der Waals surface area (Å²) in [5, 5.41) is 4.93. The Labute approximate surface area is 114 Å². The Morgan fingerprint density at radius 1 is 1.32 bits per heavy atom. The third-order valence-electron chi connectivity index (χ3n) is 2.70. The molecule has 0 atom stereocenters. The molecule has 0 aliphatic heterocycles. The summed E-state index contributed by atoms with van der Waals surface area (Å²) in [6.45, 7) is 3.96. The molecule has 0 amide bonds. The number of anilines is 1. The minimum absolute atomic E-state index is 0.179. The van der Waals surface area contributed by atoms with E-state index in [2.05, 4.69) is 5.10 Å². The van der Waals surface area contributed by atoms with Crippen LogP contribution in [0.2, 0.25) is 0 Å². The fourth-order valence-electron chi connectivity index (χ4n) is 1.75. The molecule has 2 N–H and O–H groups in total. The lowest BCUT2D eigenvalue weighted by atomic mass is 10.1. The summed E-state index contributed by atoms with van der Waals surface area (Å²) in [4.78, 5) is 0.199. The van der Waals surface area contributed by atoms with E-state index < -0.39 is 11.6 Å². The minimum Gasteiger partial charge on any atom is -0.395 e. The van der Waals surface area contributed by atoms with Gasteiger partial charge in [0, 0.05) is 7.05 Å². The van der Waals surface area contributed by atoms with Crippen molar-refractivity contribution in [3.8, 4) is 0 Å². The molecular weight excluding hydrogens is 268 g/mol. The van der Waals surface area contributed by atoms with E-state index in [0.717, 1.165) is 35.7 Å². The second kappa shape index (κ2) is 5.21. The summed E-state index contributed by atoms with van der Waals surface area (Å²) >= 11 is 1.08. The Morgan fingerprint density at radius 3 is 2.58 bits per heavy atom. The molecule has 2 rings (SSSR count). The Hall–Kier alpha value is -1.56. The van der Waals surface area contributed by atoms with Crippen LogP contribution in [-0.4, -0.2) is 9.78 Å². The molecule has 1 aromatic heterocycles. The van der Waals surface area contributed by atoms with Crippen LogP contribution in [0.15, 0.2) is 28.1 Å². The number of hydrogen-bond donors (Lipinski definition) is 1. The molecule has 102 valence electrons.